The van der Waals surface area contributed by atoms with Crippen LogP contribution in [0.2, 0.25) is 0 Å². The van der Waals surface area contributed by atoms with Crippen LogP contribution in [0.3, 0.4) is 0 Å². The topological polar surface area (TPSA) is 24.5 Å². The highest BCUT2D eigenvalue weighted by Gasteiger charge is 2.24. The molecule has 3 heteroatoms. The minimum absolute atomic E-state index is 0.836. The Labute approximate surface area is 122 Å². The molecule has 1 heterocycles. The summed E-state index contributed by atoms with van der Waals surface area (Å²) in [5, 5.41) is 3.68. The van der Waals surface area contributed by atoms with Gasteiger partial charge in [0, 0.05) is 19.1 Å². The third-order valence-corrected chi connectivity index (χ3v) is 4.44. The maximum atomic E-state index is 5.21. The van der Waals surface area contributed by atoms with Crippen LogP contribution in [0.4, 0.5) is 0 Å². The number of likely N-dealkylation sites (tertiary alicyclic amines) is 1. The Morgan fingerprint density at radius 2 is 2.00 bits per heavy atom. The lowest BCUT2D eigenvalue weighted by Gasteiger charge is -2.33. The second kappa shape index (κ2) is 6.59. The van der Waals surface area contributed by atoms with Crippen molar-refractivity contribution < 1.29 is 4.74 Å². The number of benzene rings is 1. The zero-order chi connectivity index (χ0) is 13.8. The molecule has 1 aromatic carbocycles. The third kappa shape index (κ3) is 3.97. The summed E-state index contributed by atoms with van der Waals surface area (Å²) >= 11 is 0. The average Bonchev–Trinajstić information content (AvgIpc) is 3.31. The minimum atomic E-state index is 0.836. The van der Waals surface area contributed by atoms with Crippen LogP contribution in [0, 0.1) is 5.92 Å². The quantitative estimate of drug-likeness (QED) is 0.863. The van der Waals surface area contributed by atoms with Crippen molar-refractivity contribution in [2.45, 2.75) is 38.3 Å². The lowest BCUT2D eigenvalue weighted by atomic mass is 9.97. The molecule has 0 amide bonds. The van der Waals surface area contributed by atoms with Gasteiger partial charge in [-0.15, -0.1) is 0 Å². The third-order valence-electron chi connectivity index (χ3n) is 4.44. The van der Waals surface area contributed by atoms with Gasteiger partial charge >= 0.3 is 0 Å². The summed E-state index contributed by atoms with van der Waals surface area (Å²) in [5.74, 6) is 1.78. The number of nitrogens with zero attached hydrogens (tertiary/aromatic N) is 1. The van der Waals surface area contributed by atoms with E-state index in [4.69, 9.17) is 4.74 Å². The van der Waals surface area contributed by atoms with Gasteiger partial charge in [0.25, 0.3) is 0 Å². The fraction of sp³-hybridized carbons (Fsp3) is 0.647. The molecule has 1 aliphatic carbocycles. The normalized spacial score (nSPS) is 23.8. The molecule has 1 aliphatic heterocycles. The van der Waals surface area contributed by atoms with Crippen molar-refractivity contribution in [3.05, 3.63) is 29.8 Å². The Hall–Kier alpha value is -1.06. The van der Waals surface area contributed by atoms with Crippen molar-refractivity contribution in [3.63, 3.8) is 0 Å². The number of rotatable bonds is 6. The van der Waals surface area contributed by atoms with Gasteiger partial charge in [0.05, 0.1) is 7.11 Å². The van der Waals surface area contributed by atoms with Crippen LogP contribution in [-0.2, 0) is 6.54 Å². The molecule has 1 atom stereocenters. The number of nitrogens with one attached hydrogen (secondary N) is 1. The molecule has 2 aliphatic rings. The van der Waals surface area contributed by atoms with Gasteiger partial charge in [-0.05, 0) is 62.4 Å². The van der Waals surface area contributed by atoms with E-state index in [2.05, 4.69) is 34.5 Å². The van der Waals surface area contributed by atoms with E-state index in [1.165, 1.54) is 50.9 Å². The van der Waals surface area contributed by atoms with Crippen LogP contribution in [0.5, 0.6) is 5.75 Å². The molecule has 2 fully saturated rings. The Morgan fingerprint density at radius 3 is 2.70 bits per heavy atom. The molecule has 1 N–H and O–H groups in total. The molecule has 110 valence electrons. The molecule has 0 bridgehead atoms. The Balaban J connectivity index is 1.47. The van der Waals surface area contributed by atoms with Gasteiger partial charge in [0.15, 0.2) is 0 Å². The Kier molecular flexibility index (Phi) is 4.58. The predicted molar refractivity (Wildman–Crippen MR) is 82.0 cm³/mol. The van der Waals surface area contributed by atoms with Crippen LogP contribution in [0.15, 0.2) is 24.3 Å². The minimum Gasteiger partial charge on any atom is -0.497 e. The van der Waals surface area contributed by atoms with Crippen molar-refractivity contribution in [2.75, 3.05) is 26.7 Å². The first-order chi connectivity index (χ1) is 9.83. The second-order valence-corrected chi connectivity index (χ2v) is 6.27. The zero-order valence-corrected chi connectivity index (χ0v) is 12.5. The standard InChI is InChI=1S/C17H26N2O/c1-20-17-8-4-14(5-9-17)12-19-10-2-3-15(13-19)11-18-16-6-7-16/h4-5,8-9,15-16,18H,2-3,6-7,10-13H2,1H3. The first-order valence-corrected chi connectivity index (χ1v) is 7.92. The molecule has 3 rings (SSSR count). The van der Waals surface area contributed by atoms with E-state index in [1.54, 1.807) is 7.11 Å². The molecule has 1 saturated heterocycles. The fourth-order valence-electron chi connectivity index (χ4n) is 3.07. The molecule has 1 saturated carbocycles. The zero-order valence-electron chi connectivity index (χ0n) is 12.5. The summed E-state index contributed by atoms with van der Waals surface area (Å²) in [7, 11) is 1.72. The summed E-state index contributed by atoms with van der Waals surface area (Å²) in [6.07, 6.45) is 5.51. The van der Waals surface area contributed by atoms with Gasteiger partial charge in [-0.1, -0.05) is 12.1 Å². The van der Waals surface area contributed by atoms with E-state index in [9.17, 15) is 0 Å². The Morgan fingerprint density at radius 1 is 1.20 bits per heavy atom. The maximum Gasteiger partial charge on any atom is 0.118 e. The lowest BCUT2D eigenvalue weighted by Crippen LogP contribution is -2.39. The van der Waals surface area contributed by atoms with E-state index in [1.807, 2.05) is 0 Å². The van der Waals surface area contributed by atoms with Crippen LogP contribution in [0.25, 0.3) is 0 Å². The van der Waals surface area contributed by atoms with E-state index in [-0.39, 0.29) is 0 Å². The van der Waals surface area contributed by atoms with E-state index in [0.717, 1.165) is 24.3 Å². The molecule has 1 unspecified atom stereocenters. The molecule has 3 nitrogen and oxygen atoms in total. The largest absolute Gasteiger partial charge is 0.497 e. The summed E-state index contributed by atoms with van der Waals surface area (Å²) in [4.78, 5) is 2.60. The van der Waals surface area contributed by atoms with E-state index >= 15 is 0 Å². The van der Waals surface area contributed by atoms with Gasteiger partial charge in [-0.2, -0.15) is 0 Å². The number of hydrogen-bond donors (Lipinski definition) is 1. The molecule has 0 radical (unpaired) electrons. The van der Waals surface area contributed by atoms with E-state index in [0.29, 0.717) is 0 Å². The Bertz CT molecular complexity index is 414. The summed E-state index contributed by atoms with van der Waals surface area (Å²) in [5.41, 5.74) is 1.39. The van der Waals surface area contributed by atoms with E-state index < -0.39 is 0 Å². The van der Waals surface area contributed by atoms with Gasteiger partial charge in [-0.3, -0.25) is 4.90 Å². The van der Waals surface area contributed by atoms with Crippen LogP contribution >= 0.6 is 0 Å². The van der Waals surface area contributed by atoms with Crippen molar-refractivity contribution in [1.82, 2.24) is 10.2 Å². The highest BCUT2D eigenvalue weighted by atomic mass is 16.5. The molecule has 1 aromatic rings. The monoisotopic (exact) mass is 274 g/mol. The molecule has 0 aromatic heterocycles. The number of ether oxygens (including phenoxy) is 1. The lowest BCUT2D eigenvalue weighted by molar-refractivity contribution is 0.165. The number of methoxy groups -OCH3 is 1. The highest BCUT2D eigenvalue weighted by molar-refractivity contribution is 5.27. The van der Waals surface area contributed by atoms with Crippen LogP contribution in [0.1, 0.15) is 31.2 Å². The number of hydrogen-bond acceptors (Lipinski definition) is 3. The first kappa shape index (κ1) is 13.9. The SMILES string of the molecule is COc1ccc(CN2CCCC(CNC3CC3)C2)cc1. The average molecular weight is 274 g/mol. The van der Waals surface area contributed by atoms with Crippen LogP contribution in [-0.4, -0.2) is 37.7 Å². The fourth-order valence-corrected chi connectivity index (χ4v) is 3.07. The van der Waals surface area contributed by atoms with Crippen molar-refractivity contribution in [1.29, 1.82) is 0 Å². The van der Waals surface area contributed by atoms with Crippen molar-refractivity contribution in [3.8, 4) is 5.75 Å². The van der Waals surface area contributed by atoms with Gasteiger partial charge in [0.2, 0.25) is 0 Å². The second-order valence-electron chi connectivity index (χ2n) is 6.27. The summed E-state index contributed by atoms with van der Waals surface area (Å²) in [6, 6.07) is 9.33. The maximum absolute atomic E-state index is 5.21. The molecule has 0 spiro atoms. The van der Waals surface area contributed by atoms with Crippen molar-refractivity contribution in [2.24, 2.45) is 5.92 Å². The van der Waals surface area contributed by atoms with Gasteiger partial charge in [0.1, 0.15) is 5.75 Å². The molecule has 20 heavy (non-hydrogen) atoms. The van der Waals surface area contributed by atoms with Crippen LogP contribution < -0.4 is 10.1 Å². The summed E-state index contributed by atoms with van der Waals surface area (Å²) < 4.78 is 5.21. The van der Waals surface area contributed by atoms with Gasteiger partial charge in [-0.25, -0.2) is 0 Å². The van der Waals surface area contributed by atoms with Crippen molar-refractivity contribution >= 4 is 0 Å². The number of piperidine rings is 1. The molecular formula is C17H26N2O. The first-order valence-electron chi connectivity index (χ1n) is 7.92. The van der Waals surface area contributed by atoms with Gasteiger partial charge < -0.3 is 10.1 Å². The predicted octanol–water partition coefficient (Wildman–Crippen LogP) is 2.66. The smallest absolute Gasteiger partial charge is 0.118 e. The summed E-state index contributed by atoms with van der Waals surface area (Å²) in [6.45, 7) is 4.77. The molecular weight excluding hydrogens is 248 g/mol. The highest BCUT2D eigenvalue weighted by Crippen LogP contribution is 2.22.